The van der Waals surface area contributed by atoms with Gasteiger partial charge in [-0.25, -0.2) is 8.42 Å². The van der Waals surface area contributed by atoms with E-state index in [1.54, 1.807) is 0 Å². The normalized spacial score (nSPS) is 24.0. The van der Waals surface area contributed by atoms with E-state index in [4.69, 9.17) is 22.3 Å². The lowest BCUT2D eigenvalue weighted by Gasteiger charge is -2.31. The van der Waals surface area contributed by atoms with E-state index in [9.17, 15) is 18.3 Å². The van der Waals surface area contributed by atoms with E-state index in [0.29, 0.717) is 0 Å². The highest BCUT2D eigenvalue weighted by Gasteiger charge is 2.43. The van der Waals surface area contributed by atoms with Crippen molar-refractivity contribution in [1.29, 1.82) is 0 Å². The van der Waals surface area contributed by atoms with Gasteiger partial charge in [-0.3, -0.25) is 4.79 Å². The fourth-order valence-corrected chi connectivity index (χ4v) is 3.59. The predicted molar refractivity (Wildman–Crippen MR) is 70.4 cm³/mol. The van der Waals surface area contributed by atoms with E-state index >= 15 is 0 Å². The zero-order chi connectivity index (χ0) is 14.4. The number of nitrogens with zero attached hydrogens (tertiary/aromatic N) is 1. The summed E-state index contributed by atoms with van der Waals surface area (Å²) in [5, 5.41) is 10.5. The Hall–Kier alpha value is -0.820. The van der Waals surface area contributed by atoms with Gasteiger partial charge in [-0.2, -0.15) is 0 Å². The van der Waals surface area contributed by atoms with Gasteiger partial charge in [-0.05, 0) is 12.1 Å². The molecule has 1 aromatic carbocycles. The first-order valence-electron chi connectivity index (χ1n) is 5.40. The van der Waals surface area contributed by atoms with Crippen molar-refractivity contribution < 1.29 is 18.3 Å². The zero-order valence-electron chi connectivity index (χ0n) is 9.93. The molecule has 1 N–H and O–H groups in total. The minimum atomic E-state index is -4.02. The van der Waals surface area contributed by atoms with Crippen molar-refractivity contribution in [2.24, 2.45) is 0 Å². The molecule has 1 aliphatic heterocycles. The third kappa shape index (κ3) is 2.45. The second-order valence-corrected chi connectivity index (χ2v) is 7.29. The number of rotatable bonds is 2. The maximum Gasteiger partial charge on any atom is 0.262 e. The van der Waals surface area contributed by atoms with Gasteiger partial charge in [0.05, 0.1) is 5.02 Å². The van der Waals surface area contributed by atoms with E-state index in [1.807, 2.05) is 0 Å². The Morgan fingerprint density at radius 2 is 2.05 bits per heavy atom. The van der Waals surface area contributed by atoms with Crippen LogP contribution in [-0.4, -0.2) is 31.4 Å². The summed E-state index contributed by atoms with van der Waals surface area (Å²) in [4.78, 5) is 12.4. The summed E-state index contributed by atoms with van der Waals surface area (Å²) in [7, 11) is 2.72. The highest BCUT2D eigenvalue weighted by Crippen LogP contribution is 2.38. The van der Waals surface area contributed by atoms with Crippen LogP contribution in [0.2, 0.25) is 5.02 Å². The molecular weight excluding hydrogens is 313 g/mol. The number of halogens is 2. The third-order valence-electron chi connectivity index (χ3n) is 3.27. The minimum Gasteiger partial charge on any atom is -0.367 e. The molecule has 1 fully saturated rings. The molecule has 0 spiro atoms. The van der Waals surface area contributed by atoms with Crippen molar-refractivity contribution in [3.05, 3.63) is 28.8 Å². The highest BCUT2D eigenvalue weighted by molar-refractivity contribution is 8.13. The van der Waals surface area contributed by atoms with Crippen molar-refractivity contribution in [3.8, 4) is 0 Å². The smallest absolute Gasteiger partial charge is 0.262 e. The fourth-order valence-electron chi connectivity index (χ4n) is 2.10. The number of carbonyl (C=O) groups is 1. The second kappa shape index (κ2) is 4.63. The van der Waals surface area contributed by atoms with Gasteiger partial charge in [0, 0.05) is 36.1 Å². The Morgan fingerprint density at radius 1 is 1.42 bits per heavy atom. The van der Waals surface area contributed by atoms with Crippen LogP contribution in [0.4, 0.5) is 0 Å². The van der Waals surface area contributed by atoms with Crippen LogP contribution in [0.1, 0.15) is 18.4 Å². The van der Waals surface area contributed by atoms with Crippen LogP contribution in [-0.2, 0) is 19.6 Å². The minimum absolute atomic E-state index is 0.0330. The molecule has 0 radical (unpaired) electrons. The van der Waals surface area contributed by atoms with E-state index in [2.05, 4.69) is 0 Å². The molecule has 1 aromatic rings. The van der Waals surface area contributed by atoms with E-state index in [0.717, 1.165) is 0 Å². The monoisotopic (exact) mass is 323 g/mol. The lowest BCUT2D eigenvalue weighted by molar-refractivity contribution is -0.142. The number of amides is 1. The largest absolute Gasteiger partial charge is 0.367 e. The van der Waals surface area contributed by atoms with Crippen molar-refractivity contribution in [2.45, 2.75) is 23.5 Å². The summed E-state index contributed by atoms with van der Waals surface area (Å²) in [6.07, 6.45) is 0.379. The average molecular weight is 324 g/mol. The van der Waals surface area contributed by atoms with E-state index in [-0.39, 0.29) is 34.2 Å². The second-order valence-electron chi connectivity index (χ2n) is 4.35. The molecule has 0 aromatic heterocycles. The van der Waals surface area contributed by atoms with Crippen LogP contribution < -0.4 is 0 Å². The van der Waals surface area contributed by atoms with Gasteiger partial charge >= 0.3 is 0 Å². The standard InChI is InChI=1S/C11H11Cl2NO4S/c1-14-10(15)4-5-11(14,16)7-2-3-8(12)9(6-7)19(13,17)18/h2-3,6,16H,4-5H2,1H3. The Morgan fingerprint density at radius 3 is 2.53 bits per heavy atom. The van der Waals surface area contributed by atoms with Gasteiger partial charge in [0.2, 0.25) is 5.91 Å². The molecule has 0 bridgehead atoms. The maximum atomic E-state index is 11.5. The van der Waals surface area contributed by atoms with Crippen LogP contribution in [0.3, 0.4) is 0 Å². The molecule has 1 heterocycles. The van der Waals surface area contributed by atoms with Crippen LogP contribution in [0, 0.1) is 0 Å². The van der Waals surface area contributed by atoms with Crippen LogP contribution in [0.15, 0.2) is 23.1 Å². The lowest BCUT2D eigenvalue weighted by atomic mass is 10.0. The number of aliphatic hydroxyl groups is 1. The Bertz CT molecular complexity index is 646. The molecule has 8 heteroatoms. The number of likely N-dealkylation sites (tertiary alicyclic amines) is 1. The number of benzene rings is 1. The quantitative estimate of drug-likeness (QED) is 0.840. The number of carbonyl (C=O) groups excluding carboxylic acids is 1. The molecule has 0 saturated carbocycles. The van der Waals surface area contributed by atoms with Crippen molar-refractivity contribution in [2.75, 3.05) is 7.05 Å². The van der Waals surface area contributed by atoms with E-state index < -0.39 is 14.8 Å². The molecule has 1 unspecified atom stereocenters. The summed E-state index contributed by atoms with van der Waals surface area (Å²) in [5.74, 6) is -0.215. The van der Waals surface area contributed by atoms with Gasteiger partial charge < -0.3 is 10.0 Å². The zero-order valence-corrected chi connectivity index (χ0v) is 12.3. The number of hydrogen-bond donors (Lipinski definition) is 1. The van der Waals surface area contributed by atoms with Crippen LogP contribution in [0.5, 0.6) is 0 Å². The van der Waals surface area contributed by atoms with Crippen molar-refractivity contribution in [3.63, 3.8) is 0 Å². The Kier molecular flexibility index (Phi) is 3.55. The predicted octanol–water partition coefficient (Wildman–Crippen LogP) is 1.66. The summed E-state index contributed by atoms with van der Waals surface area (Å²) in [6.45, 7) is 0. The van der Waals surface area contributed by atoms with Gasteiger partial charge in [0.1, 0.15) is 4.90 Å². The number of hydrogen-bond acceptors (Lipinski definition) is 4. The molecule has 1 aliphatic rings. The molecule has 1 amide bonds. The Labute approximate surface area is 120 Å². The molecular formula is C11H11Cl2NO4S. The third-order valence-corrected chi connectivity index (χ3v) is 5.08. The van der Waals surface area contributed by atoms with Gasteiger partial charge in [-0.15, -0.1) is 0 Å². The van der Waals surface area contributed by atoms with Crippen LogP contribution >= 0.6 is 22.3 Å². The summed E-state index contributed by atoms with van der Waals surface area (Å²) < 4.78 is 22.8. The summed E-state index contributed by atoms with van der Waals surface area (Å²) in [5.41, 5.74) is -1.26. The topological polar surface area (TPSA) is 74.7 Å². The molecule has 0 aliphatic carbocycles. The van der Waals surface area contributed by atoms with Gasteiger partial charge in [0.25, 0.3) is 9.05 Å². The Balaban J connectivity index is 2.57. The first kappa shape index (κ1) is 14.6. The van der Waals surface area contributed by atoms with Crippen molar-refractivity contribution in [1.82, 2.24) is 4.90 Å². The maximum absolute atomic E-state index is 11.5. The van der Waals surface area contributed by atoms with Gasteiger partial charge in [0.15, 0.2) is 5.72 Å². The fraction of sp³-hybridized carbons (Fsp3) is 0.364. The van der Waals surface area contributed by atoms with E-state index in [1.165, 1.54) is 30.1 Å². The highest BCUT2D eigenvalue weighted by atomic mass is 35.7. The first-order chi connectivity index (χ1) is 8.66. The van der Waals surface area contributed by atoms with Crippen LogP contribution in [0.25, 0.3) is 0 Å². The first-order valence-corrected chi connectivity index (χ1v) is 8.09. The molecule has 1 atom stereocenters. The molecule has 1 saturated heterocycles. The molecule has 2 rings (SSSR count). The lowest BCUT2D eigenvalue weighted by Crippen LogP contribution is -2.40. The van der Waals surface area contributed by atoms with Crippen molar-refractivity contribution >= 4 is 37.2 Å². The van der Waals surface area contributed by atoms with Gasteiger partial charge in [-0.1, -0.05) is 17.7 Å². The summed E-state index contributed by atoms with van der Waals surface area (Å²) >= 11 is 5.77. The average Bonchev–Trinajstić information content (AvgIpc) is 2.57. The SMILES string of the molecule is CN1C(=O)CCC1(O)c1ccc(Cl)c(S(=O)(=O)Cl)c1. The molecule has 104 valence electrons. The summed E-state index contributed by atoms with van der Waals surface area (Å²) in [6, 6.07) is 4.00. The molecule has 19 heavy (non-hydrogen) atoms. The molecule has 5 nitrogen and oxygen atoms in total.